The van der Waals surface area contributed by atoms with Crippen molar-refractivity contribution in [3.63, 3.8) is 0 Å². The van der Waals surface area contributed by atoms with E-state index in [4.69, 9.17) is 9.94 Å². The van der Waals surface area contributed by atoms with Gasteiger partial charge in [0.2, 0.25) is 0 Å². The van der Waals surface area contributed by atoms with Crippen molar-refractivity contribution in [3.05, 3.63) is 35.9 Å². The lowest BCUT2D eigenvalue weighted by Crippen LogP contribution is -2.28. The number of hydrogen-bond donors (Lipinski definition) is 2. The number of benzene rings is 1. The molecule has 0 heterocycles. The molecule has 2 N–H and O–H groups in total. The van der Waals surface area contributed by atoms with Crippen LogP contribution in [0, 0.1) is 0 Å². The number of aliphatic carboxylic acids is 1. The predicted molar refractivity (Wildman–Crippen MR) is 57.8 cm³/mol. The number of hydroxylamine groups is 1. The highest BCUT2D eigenvalue weighted by molar-refractivity contribution is 5.76. The van der Waals surface area contributed by atoms with Crippen molar-refractivity contribution in [2.75, 3.05) is 13.2 Å². The molecule has 1 amide bonds. The topological polar surface area (TPSA) is 84.9 Å². The molecule has 6 heteroatoms. The third-order valence-electron chi connectivity index (χ3n) is 1.73. The summed E-state index contributed by atoms with van der Waals surface area (Å²) in [5.74, 6) is -1.65. The van der Waals surface area contributed by atoms with Crippen molar-refractivity contribution in [1.82, 2.24) is 5.48 Å². The molecule has 0 saturated carbocycles. The highest BCUT2D eigenvalue weighted by atomic mass is 16.7. The van der Waals surface area contributed by atoms with Crippen molar-refractivity contribution >= 4 is 11.9 Å². The van der Waals surface area contributed by atoms with Gasteiger partial charge in [-0.3, -0.25) is 9.63 Å². The summed E-state index contributed by atoms with van der Waals surface area (Å²) in [6.07, 6.45) is 0. The van der Waals surface area contributed by atoms with Crippen LogP contribution in [0.2, 0.25) is 0 Å². The van der Waals surface area contributed by atoms with E-state index in [0.717, 1.165) is 5.56 Å². The number of rotatable bonds is 7. The Morgan fingerprint density at radius 2 is 1.88 bits per heavy atom. The van der Waals surface area contributed by atoms with E-state index in [-0.39, 0.29) is 13.2 Å². The molecule has 1 rings (SSSR count). The van der Waals surface area contributed by atoms with E-state index in [2.05, 4.69) is 10.2 Å². The Morgan fingerprint density at radius 1 is 1.18 bits per heavy atom. The second kappa shape index (κ2) is 7.37. The smallest absolute Gasteiger partial charge is 0.329 e. The molecule has 0 spiro atoms. The number of hydrogen-bond acceptors (Lipinski definition) is 4. The molecule has 0 aliphatic carbocycles. The molecule has 1 aromatic carbocycles. The fourth-order valence-corrected chi connectivity index (χ4v) is 1.03. The van der Waals surface area contributed by atoms with Gasteiger partial charge in [-0.25, -0.2) is 10.3 Å². The largest absolute Gasteiger partial charge is 0.480 e. The van der Waals surface area contributed by atoms with Crippen LogP contribution in [0.15, 0.2) is 30.3 Å². The standard InChI is InChI=1S/C11H13NO5/c13-10(7-16-8-11(14)15)12-17-6-9-4-2-1-3-5-9/h1-5H,6-8H2,(H,12,13)(H,14,15). The summed E-state index contributed by atoms with van der Waals surface area (Å²) in [7, 11) is 0. The Morgan fingerprint density at radius 3 is 2.53 bits per heavy atom. The summed E-state index contributed by atoms with van der Waals surface area (Å²) >= 11 is 0. The van der Waals surface area contributed by atoms with Crippen LogP contribution in [0.25, 0.3) is 0 Å². The third kappa shape index (κ3) is 6.29. The van der Waals surface area contributed by atoms with E-state index in [1.807, 2.05) is 30.3 Å². The monoisotopic (exact) mass is 239 g/mol. The van der Waals surface area contributed by atoms with E-state index in [1.165, 1.54) is 0 Å². The molecule has 0 unspecified atom stereocenters. The summed E-state index contributed by atoms with van der Waals surface area (Å²) in [5.41, 5.74) is 3.06. The zero-order valence-electron chi connectivity index (χ0n) is 9.09. The van der Waals surface area contributed by atoms with Crippen molar-refractivity contribution in [1.29, 1.82) is 0 Å². The van der Waals surface area contributed by atoms with Crippen LogP contribution in [-0.4, -0.2) is 30.2 Å². The van der Waals surface area contributed by atoms with Crippen LogP contribution < -0.4 is 5.48 Å². The van der Waals surface area contributed by atoms with Gasteiger partial charge in [-0.2, -0.15) is 0 Å². The predicted octanol–water partition coefficient (Wildman–Crippen LogP) is 0.336. The fourth-order valence-electron chi connectivity index (χ4n) is 1.03. The normalized spacial score (nSPS) is 9.88. The first-order valence-corrected chi connectivity index (χ1v) is 4.92. The number of nitrogens with one attached hydrogen (secondary N) is 1. The summed E-state index contributed by atoms with van der Waals surface area (Å²) in [6, 6.07) is 9.30. The van der Waals surface area contributed by atoms with Crippen LogP contribution in [0.5, 0.6) is 0 Å². The van der Waals surface area contributed by atoms with E-state index in [0.29, 0.717) is 0 Å². The molecule has 0 aromatic heterocycles. The number of ether oxygens (including phenoxy) is 1. The molecule has 92 valence electrons. The van der Waals surface area contributed by atoms with Gasteiger partial charge in [0, 0.05) is 0 Å². The minimum absolute atomic E-state index is 0.242. The molecule has 6 nitrogen and oxygen atoms in total. The van der Waals surface area contributed by atoms with Crippen LogP contribution in [-0.2, 0) is 25.8 Å². The zero-order chi connectivity index (χ0) is 12.5. The van der Waals surface area contributed by atoms with Gasteiger partial charge in [0.05, 0.1) is 6.61 Å². The lowest BCUT2D eigenvalue weighted by atomic mass is 10.2. The minimum atomic E-state index is -1.12. The highest BCUT2D eigenvalue weighted by Crippen LogP contribution is 1.98. The molecule has 0 saturated heterocycles. The van der Waals surface area contributed by atoms with E-state index in [1.54, 1.807) is 0 Å². The van der Waals surface area contributed by atoms with Crippen molar-refractivity contribution in [3.8, 4) is 0 Å². The molecule has 0 radical (unpaired) electrons. The Balaban J connectivity index is 2.10. The Bertz CT molecular complexity index is 365. The molecule has 0 bridgehead atoms. The minimum Gasteiger partial charge on any atom is -0.480 e. The Labute approximate surface area is 98.1 Å². The summed E-state index contributed by atoms with van der Waals surface area (Å²) < 4.78 is 4.57. The first-order chi connectivity index (χ1) is 8.18. The van der Waals surface area contributed by atoms with Gasteiger partial charge >= 0.3 is 5.97 Å². The maximum absolute atomic E-state index is 11.1. The van der Waals surface area contributed by atoms with Crippen molar-refractivity contribution in [2.45, 2.75) is 6.61 Å². The zero-order valence-corrected chi connectivity index (χ0v) is 9.09. The number of amides is 1. The lowest BCUT2D eigenvalue weighted by molar-refractivity contribution is -0.146. The number of carboxylic acids is 1. The maximum Gasteiger partial charge on any atom is 0.329 e. The molecule has 17 heavy (non-hydrogen) atoms. The summed E-state index contributed by atoms with van der Waals surface area (Å²) in [4.78, 5) is 26.1. The average Bonchev–Trinajstić information content (AvgIpc) is 2.30. The molecular formula is C11H13NO5. The summed E-state index contributed by atoms with van der Waals surface area (Å²) in [6.45, 7) is -0.612. The number of carbonyl (C=O) groups is 2. The molecule has 0 fully saturated rings. The van der Waals surface area contributed by atoms with Crippen molar-refractivity contribution < 1.29 is 24.3 Å². The number of carboxylic acid groups (broad SMARTS) is 1. The van der Waals surface area contributed by atoms with E-state index < -0.39 is 18.5 Å². The highest BCUT2D eigenvalue weighted by Gasteiger charge is 2.03. The quantitative estimate of drug-likeness (QED) is 0.670. The third-order valence-corrected chi connectivity index (χ3v) is 1.73. The van der Waals surface area contributed by atoms with Gasteiger partial charge in [-0.15, -0.1) is 0 Å². The SMILES string of the molecule is O=C(O)COCC(=O)NOCc1ccccc1. The second-order valence-electron chi connectivity index (χ2n) is 3.19. The van der Waals surface area contributed by atoms with E-state index in [9.17, 15) is 9.59 Å². The molecule has 0 aliphatic heterocycles. The van der Waals surface area contributed by atoms with Gasteiger partial charge in [-0.1, -0.05) is 30.3 Å². The molecule has 0 aliphatic rings. The maximum atomic E-state index is 11.1. The Kier molecular flexibility index (Phi) is 5.70. The van der Waals surface area contributed by atoms with Crippen molar-refractivity contribution in [2.24, 2.45) is 0 Å². The van der Waals surface area contributed by atoms with Gasteiger partial charge in [-0.05, 0) is 5.56 Å². The lowest BCUT2D eigenvalue weighted by Gasteiger charge is -2.05. The van der Waals surface area contributed by atoms with Crippen LogP contribution in [0.3, 0.4) is 0 Å². The van der Waals surface area contributed by atoms with E-state index >= 15 is 0 Å². The van der Waals surface area contributed by atoms with Gasteiger partial charge in [0.25, 0.3) is 5.91 Å². The number of carbonyl (C=O) groups excluding carboxylic acids is 1. The second-order valence-corrected chi connectivity index (χ2v) is 3.19. The summed E-state index contributed by atoms with van der Waals surface area (Å²) in [5, 5.41) is 8.26. The van der Waals surface area contributed by atoms with Gasteiger partial charge in [0.15, 0.2) is 0 Å². The van der Waals surface area contributed by atoms with Crippen LogP contribution in [0.1, 0.15) is 5.56 Å². The Hall–Kier alpha value is -1.92. The molecule has 0 atom stereocenters. The van der Waals surface area contributed by atoms with Gasteiger partial charge < -0.3 is 9.84 Å². The fraction of sp³-hybridized carbons (Fsp3) is 0.273. The average molecular weight is 239 g/mol. The van der Waals surface area contributed by atoms with Gasteiger partial charge in [0.1, 0.15) is 13.2 Å². The van der Waals surface area contributed by atoms with Crippen LogP contribution in [0.4, 0.5) is 0 Å². The van der Waals surface area contributed by atoms with Crippen LogP contribution >= 0.6 is 0 Å². The molecule has 1 aromatic rings. The first-order valence-electron chi connectivity index (χ1n) is 4.92. The molecular weight excluding hydrogens is 226 g/mol. The first kappa shape index (κ1) is 13.1.